The highest BCUT2D eigenvalue weighted by Crippen LogP contribution is 2.22. The maximum absolute atomic E-state index is 11.9. The Kier molecular flexibility index (Phi) is 4.26. The Hall–Kier alpha value is -1.22. The Balaban J connectivity index is 2.01. The highest BCUT2D eigenvalue weighted by molar-refractivity contribution is 7.80. The third kappa shape index (κ3) is 3.37. The number of anilines is 1. The first-order valence-electron chi connectivity index (χ1n) is 6.16. The summed E-state index contributed by atoms with van der Waals surface area (Å²) in [6.07, 6.45) is 4.85. The summed E-state index contributed by atoms with van der Waals surface area (Å²) in [5.41, 5.74) is 0.967. The van der Waals surface area contributed by atoms with Crippen molar-refractivity contribution in [3.63, 3.8) is 0 Å². The van der Waals surface area contributed by atoms with Crippen molar-refractivity contribution in [3.05, 3.63) is 30.3 Å². The lowest BCUT2D eigenvalue weighted by atomic mass is 9.99. The number of rotatable bonds is 2. The van der Waals surface area contributed by atoms with Gasteiger partial charge in [-0.2, -0.15) is 0 Å². The summed E-state index contributed by atoms with van der Waals surface area (Å²) in [7, 11) is 0. The molecule has 1 saturated carbocycles. The second-order valence-electron chi connectivity index (χ2n) is 4.47. The van der Waals surface area contributed by atoms with Crippen LogP contribution in [0.3, 0.4) is 0 Å². The first-order chi connectivity index (χ1) is 8.27. The van der Waals surface area contributed by atoms with E-state index in [1.165, 1.54) is 0 Å². The van der Waals surface area contributed by atoms with E-state index in [1.54, 1.807) is 0 Å². The zero-order valence-corrected chi connectivity index (χ0v) is 10.6. The van der Waals surface area contributed by atoms with Crippen molar-refractivity contribution in [2.45, 2.75) is 32.1 Å². The highest BCUT2D eigenvalue weighted by atomic mass is 32.1. The van der Waals surface area contributed by atoms with Crippen LogP contribution in [0.2, 0.25) is 0 Å². The van der Waals surface area contributed by atoms with Crippen LogP contribution in [0.4, 0.5) is 5.69 Å². The van der Waals surface area contributed by atoms with Crippen molar-refractivity contribution in [3.8, 4) is 0 Å². The fraction of sp³-hybridized carbons (Fsp3) is 0.429. The minimum atomic E-state index is -0.0762. The molecule has 0 heterocycles. The smallest absolute Gasteiger partial charge is 0.142 e. The summed E-state index contributed by atoms with van der Waals surface area (Å²) in [5, 5.41) is 3.18. The van der Waals surface area contributed by atoms with Gasteiger partial charge in [0, 0.05) is 12.1 Å². The van der Waals surface area contributed by atoms with Crippen LogP contribution in [-0.4, -0.2) is 10.8 Å². The van der Waals surface area contributed by atoms with E-state index >= 15 is 0 Å². The van der Waals surface area contributed by atoms with E-state index in [0.29, 0.717) is 17.2 Å². The molecule has 2 rings (SSSR count). The van der Waals surface area contributed by atoms with E-state index in [1.807, 2.05) is 30.3 Å². The maximum Gasteiger partial charge on any atom is 0.142 e. The number of thiocarbonyl (C=S) groups is 1. The number of carbonyl (C=O) groups excluding carboxylic acids is 1. The molecule has 1 N–H and O–H groups in total. The van der Waals surface area contributed by atoms with Crippen molar-refractivity contribution >= 4 is 28.7 Å². The first kappa shape index (κ1) is 12.2. The number of hydrogen-bond acceptors (Lipinski definition) is 2. The number of ketones is 1. The van der Waals surface area contributed by atoms with Gasteiger partial charge in [-0.3, -0.25) is 4.79 Å². The van der Waals surface area contributed by atoms with E-state index in [4.69, 9.17) is 12.2 Å². The fourth-order valence-electron chi connectivity index (χ4n) is 2.19. The summed E-state index contributed by atoms with van der Waals surface area (Å²) >= 11 is 5.36. The summed E-state index contributed by atoms with van der Waals surface area (Å²) in [6.45, 7) is 0. The van der Waals surface area contributed by atoms with E-state index < -0.39 is 0 Å². The van der Waals surface area contributed by atoms with E-state index in [9.17, 15) is 4.79 Å². The van der Waals surface area contributed by atoms with Crippen LogP contribution in [0.15, 0.2) is 30.3 Å². The van der Waals surface area contributed by atoms with Gasteiger partial charge in [0.25, 0.3) is 0 Å². The molecule has 1 aromatic rings. The molecule has 90 valence electrons. The molecule has 0 aliphatic heterocycles. The Bertz CT molecular complexity index is 402. The van der Waals surface area contributed by atoms with Gasteiger partial charge < -0.3 is 5.32 Å². The normalized spacial score (nSPS) is 20.7. The summed E-state index contributed by atoms with van der Waals surface area (Å²) in [5.74, 6) is 0.226. The van der Waals surface area contributed by atoms with Crippen LogP contribution < -0.4 is 5.32 Å². The predicted octanol–water partition coefficient (Wildman–Crippen LogP) is 3.58. The number of carbonyl (C=O) groups is 1. The lowest BCUT2D eigenvalue weighted by Gasteiger charge is -2.16. The van der Waals surface area contributed by atoms with Gasteiger partial charge in [0.05, 0.1) is 10.9 Å². The Morgan fingerprint density at radius 1 is 1.18 bits per heavy atom. The van der Waals surface area contributed by atoms with Crippen LogP contribution in [0, 0.1) is 5.92 Å². The van der Waals surface area contributed by atoms with Crippen molar-refractivity contribution in [1.29, 1.82) is 0 Å². The first-order valence-corrected chi connectivity index (χ1v) is 6.57. The molecule has 1 unspecified atom stereocenters. The lowest BCUT2D eigenvalue weighted by Crippen LogP contribution is -2.27. The molecule has 1 aromatic carbocycles. The largest absolute Gasteiger partial charge is 0.349 e. The SMILES string of the molecule is O=C1CCCCCC1C(=S)Nc1ccccc1. The van der Waals surface area contributed by atoms with Gasteiger partial charge in [-0.05, 0) is 25.0 Å². The molecule has 1 aliphatic rings. The second-order valence-corrected chi connectivity index (χ2v) is 4.91. The van der Waals surface area contributed by atoms with E-state index in [-0.39, 0.29) is 5.92 Å². The predicted molar refractivity (Wildman–Crippen MR) is 74.2 cm³/mol. The van der Waals surface area contributed by atoms with Crippen LogP contribution in [-0.2, 0) is 4.79 Å². The molecule has 1 atom stereocenters. The highest BCUT2D eigenvalue weighted by Gasteiger charge is 2.24. The van der Waals surface area contributed by atoms with E-state index in [2.05, 4.69) is 5.32 Å². The van der Waals surface area contributed by atoms with Gasteiger partial charge in [0.2, 0.25) is 0 Å². The van der Waals surface area contributed by atoms with Crippen LogP contribution >= 0.6 is 12.2 Å². The van der Waals surface area contributed by atoms with E-state index in [0.717, 1.165) is 31.4 Å². The quantitative estimate of drug-likeness (QED) is 0.640. The monoisotopic (exact) mass is 247 g/mol. The second kappa shape index (κ2) is 5.92. The van der Waals surface area contributed by atoms with Gasteiger partial charge in [0.15, 0.2) is 0 Å². The molecule has 0 spiro atoms. The molecule has 0 saturated heterocycles. The minimum absolute atomic E-state index is 0.0762. The van der Waals surface area contributed by atoms with Gasteiger partial charge in [-0.25, -0.2) is 0 Å². The molecule has 1 fully saturated rings. The number of benzene rings is 1. The molecule has 0 aromatic heterocycles. The fourth-order valence-corrected chi connectivity index (χ4v) is 2.56. The van der Waals surface area contributed by atoms with Gasteiger partial charge >= 0.3 is 0 Å². The molecule has 3 heteroatoms. The van der Waals surface area contributed by atoms with Crippen LogP contribution in [0.25, 0.3) is 0 Å². The average molecular weight is 247 g/mol. The molecule has 0 amide bonds. The summed E-state index contributed by atoms with van der Waals surface area (Å²) < 4.78 is 0. The molecular weight excluding hydrogens is 230 g/mol. The zero-order chi connectivity index (χ0) is 12.1. The molecule has 17 heavy (non-hydrogen) atoms. The third-order valence-corrected chi connectivity index (χ3v) is 3.55. The standard InChI is InChI=1S/C14H17NOS/c16-13-10-6-2-5-9-12(13)14(17)15-11-7-3-1-4-8-11/h1,3-4,7-8,12H,2,5-6,9-10H2,(H,15,17). The third-order valence-electron chi connectivity index (χ3n) is 3.16. The lowest BCUT2D eigenvalue weighted by molar-refractivity contribution is -0.120. The van der Waals surface area contributed by atoms with Crippen LogP contribution in [0.1, 0.15) is 32.1 Å². The molecule has 0 bridgehead atoms. The van der Waals surface area contributed by atoms with Gasteiger partial charge in [-0.15, -0.1) is 0 Å². The zero-order valence-electron chi connectivity index (χ0n) is 9.82. The Morgan fingerprint density at radius 2 is 1.94 bits per heavy atom. The van der Waals surface area contributed by atoms with Gasteiger partial charge in [0.1, 0.15) is 5.78 Å². The number of nitrogens with one attached hydrogen (secondary N) is 1. The van der Waals surface area contributed by atoms with Crippen molar-refractivity contribution in [2.75, 3.05) is 5.32 Å². The minimum Gasteiger partial charge on any atom is -0.349 e. The molecule has 0 radical (unpaired) electrons. The van der Waals surface area contributed by atoms with Crippen LogP contribution in [0.5, 0.6) is 0 Å². The Morgan fingerprint density at radius 3 is 2.71 bits per heavy atom. The average Bonchev–Trinajstić information content (AvgIpc) is 2.55. The molecular formula is C14H17NOS. The Labute approximate surface area is 107 Å². The topological polar surface area (TPSA) is 29.1 Å². The summed E-state index contributed by atoms with van der Waals surface area (Å²) in [4.78, 5) is 12.6. The molecule has 2 nitrogen and oxygen atoms in total. The molecule has 1 aliphatic carbocycles. The number of para-hydroxylation sites is 1. The number of hydrogen-bond donors (Lipinski definition) is 1. The van der Waals surface area contributed by atoms with Crippen molar-refractivity contribution in [1.82, 2.24) is 0 Å². The number of Topliss-reactive ketones (excluding diaryl/α,β-unsaturated/α-hetero) is 1. The summed E-state index contributed by atoms with van der Waals surface area (Å²) in [6, 6.07) is 9.81. The van der Waals surface area contributed by atoms with Crippen molar-refractivity contribution < 1.29 is 4.79 Å². The van der Waals surface area contributed by atoms with Crippen molar-refractivity contribution in [2.24, 2.45) is 5.92 Å². The maximum atomic E-state index is 11.9. The van der Waals surface area contributed by atoms with Gasteiger partial charge in [-0.1, -0.05) is 43.3 Å².